The third kappa shape index (κ3) is 0.947. The van der Waals surface area contributed by atoms with Crippen LogP contribution in [0.15, 0.2) is 12.2 Å². The highest BCUT2D eigenvalue weighted by Crippen LogP contribution is 2.46. The molecule has 2 fully saturated rings. The molecule has 2 bridgehead atoms. The van der Waals surface area contributed by atoms with Gasteiger partial charge >= 0.3 is 0 Å². The molecule has 1 saturated heterocycles. The second kappa shape index (κ2) is 2.57. The quantitative estimate of drug-likeness (QED) is 0.550. The summed E-state index contributed by atoms with van der Waals surface area (Å²) in [6.07, 6.45) is 7.45. The monoisotopic (exact) mass is 166 g/mol. The lowest BCUT2D eigenvalue weighted by molar-refractivity contribution is -0.0899. The van der Waals surface area contributed by atoms with E-state index in [1.54, 1.807) is 0 Å². The third-order valence-corrected chi connectivity index (χ3v) is 3.33. The fourth-order valence-corrected chi connectivity index (χ4v) is 2.76. The van der Waals surface area contributed by atoms with E-state index in [0.717, 1.165) is 25.0 Å². The predicted molar refractivity (Wildman–Crippen MR) is 44.5 cm³/mol. The molecule has 0 aromatic rings. The summed E-state index contributed by atoms with van der Waals surface area (Å²) >= 11 is 0. The number of hydrogen-bond acceptors (Lipinski definition) is 2. The predicted octanol–water partition coefficient (Wildman–Crippen LogP) is 1.57. The second-order valence-corrected chi connectivity index (χ2v) is 4.05. The van der Waals surface area contributed by atoms with Crippen molar-refractivity contribution < 1.29 is 9.47 Å². The summed E-state index contributed by atoms with van der Waals surface area (Å²) in [5, 5.41) is 0. The second-order valence-electron chi connectivity index (χ2n) is 4.05. The van der Waals surface area contributed by atoms with Crippen LogP contribution in [0.3, 0.4) is 0 Å². The van der Waals surface area contributed by atoms with Gasteiger partial charge in [0, 0.05) is 5.92 Å². The number of fused-ring (bicyclic) bond motifs is 2. The number of ether oxygens (including phenoxy) is 2. The zero-order valence-electron chi connectivity index (χ0n) is 7.11. The Bertz CT molecular complexity index is 206. The van der Waals surface area contributed by atoms with Crippen LogP contribution in [0.2, 0.25) is 0 Å². The molecule has 0 radical (unpaired) electrons. The van der Waals surface area contributed by atoms with Crippen LogP contribution in [-0.4, -0.2) is 19.5 Å². The van der Waals surface area contributed by atoms with E-state index in [4.69, 9.17) is 9.47 Å². The van der Waals surface area contributed by atoms with E-state index in [2.05, 4.69) is 12.2 Å². The van der Waals surface area contributed by atoms with Gasteiger partial charge in [0.2, 0.25) is 0 Å². The van der Waals surface area contributed by atoms with Crippen molar-refractivity contribution in [2.24, 2.45) is 17.8 Å². The van der Waals surface area contributed by atoms with Crippen LogP contribution in [0.5, 0.6) is 0 Å². The highest BCUT2D eigenvalue weighted by Gasteiger charge is 2.42. The van der Waals surface area contributed by atoms with Gasteiger partial charge in [0.1, 0.15) is 0 Å². The average molecular weight is 166 g/mol. The molecule has 3 aliphatic rings. The van der Waals surface area contributed by atoms with Gasteiger partial charge in [-0.05, 0) is 24.7 Å². The molecule has 0 amide bonds. The van der Waals surface area contributed by atoms with Crippen LogP contribution in [0.25, 0.3) is 0 Å². The van der Waals surface area contributed by atoms with Crippen LogP contribution < -0.4 is 0 Å². The average Bonchev–Trinajstić information content (AvgIpc) is 2.81. The van der Waals surface area contributed by atoms with E-state index >= 15 is 0 Å². The summed E-state index contributed by atoms with van der Waals surface area (Å²) in [7, 11) is 0. The summed E-state index contributed by atoms with van der Waals surface area (Å²) in [4.78, 5) is 0. The Morgan fingerprint density at radius 3 is 2.42 bits per heavy atom. The minimum Gasteiger partial charge on any atom is -0.350 e. The molecule has 3 rings (SSSR count). The summed E-state index contributed by atoms with van der Waals surface area (Å²) < 4.78 is 11.1. The van der Waals surface area contributed by atoms with Crippen molar-refractivity contribution in [3.8, 4) is 0 Å². The Morgan fingerprint density at radius 1 is 1.00 bits per heavy atom. The molecule has 0 aromatic heterocycles. The van der Waals surface area contributed by atoms with Crippen LogP contribution in [-0.2, 0) is 9.47 Å². The van der Waals surface area contributed by atoms with Gasteiger partial charge in [0.05, 0.1) is 13.2 Å². The molecule has 2 nitrogen and oxygen atoms in total. The van der Waals surface area contributed by atoms with Gasteiger partial charge in [-0.1, -0.05) is 12.2 Å². The van der Waals surface area contributed by atoms with Crippen molar-refractivity contribution in [2.75, 3.05) is 13.2 Å². The van der Waals surface area contributed by atoms with Gasteiger partial charge in [-0.3, -0.25) is 0 Å². The van der Waals surface area contributed by atoms with Gasteiger partial charge < -0.3 is 9.47 Å². The normalized spacial score (nSPS) is 46.2. The van der Waals surface area contributed by atoms with Crippen molar-refractivity contribution in [1.29, 1.82) is 0 Å². The molecule has 2 heteroatoms. The maximum Gasteiger partial charge on any atom is 0.161 e. The van der Waals surface area contributed by atoms with E-state index in [-0.39, 0.29) is 6.29 Å². The van der Waals surface area contributed by atoms with E-state index in [1.807, 2.05) is 0 Å². The molecule has 0 aromatic carbocycles. The molecule has 1 aliphatic heterocycles. The molecular formula is C10H14O2. The van der Waals surface area contributed by atoms with Gasteiger partial charge in [0.25, 0.3) is 0 Å². The van der Waals surface area contributed by atoms with Crippen LogP contribution in [0.4, 0.5) is 0 Å². The van der Waals surface area contributed by atoms with E-state index in [1.165, 1.54) is 12.8 Å². The standard InChI is InChI=1S/C10H14O2/c1-2-8-5-7(1)6-9(8)10-11-3-4-12-10/h1-2,7-10H,3-6H2/t7-,8+,9-/m0/s1. The minimum absolute atomic E-state index is 0.116. The van der Waals surface area contributed by atoms with Crippen molar-refractivity contribution in [3.63, 3.8) is 0 Å². The maximum atomic E-state index is 5.53. The zero-order valence-corrected chi connectivity index (χ0v) is 7.11. The molecule has 0 N–H and O–H groups in total. The molecule has 0 spiro atoms. The number of rotatable bonds is 1. The molecule has 0 unspecified atom stereocenters. The lowest BCUT2D eigenvalue weighted by Gasteiger charge is -2.22. The van der Waals surface area contributed by atoms with Gasteiger partial charge in [-0.2, -0.15) is 0 Å². The largest absolute Gasteiger partial charge is 0.350 e. The molecule has 12 heavy (non-hydrogen) atoms. The number of allylic oxidation sites excluding steroid dienone is 2. The van der Waals surface area contributed by atoms with Gasteiger partial charge in [-0.15, -0.1) is 0 Å². The van der Waals surface area contributed by atoms with E-state index < -0.39 is 0 Å². The van der Waals surface area contributed by atoms with Crippen LogP contribution in [0.1, 0.15) is 12.8 Å². The molecule has 1 saturated carbocycles. The Morgan fingerprint density at radius 2 is 1.83 bits per heavy atom. The highest BCUT2D eigenvalue weighted by molar-refractivity contribution is 5.10. The first kappa shape index (κ1) is 7.10. The fourth-order valence-electron chi connectivity index (χ4n) is 2.76. The maximum absolute atomic E-state index is 5.53. The fraction of sp³-hybridized carbons (Fsp3) is 0.800. The zero-order chi connectivity index (χ0) is 7.97. The van der Waals surface area contributed by atoms with E-state index in [0.29, 0.717) is 5.92 Å². The molecule has 66 valence electrons. The molecular weight excluding hydrogens is 152 g/mol. The molecule has 3 atom stereocenters. The van der Waals surface area contributed by atoms with Gasteiger partial charge in [0.15, 0.2) is 6.29 Å². The van der Waals surface area contributed by atoms with Crippen molar-refractivity contribution in [1.82, 2.24) is 0 Å². The van der Waals surface area contributed by atoms with Crippen LogP contribution in [0, 0.1) is 17.8 Å². The van der Waals surface area contributed by atoms with Crippen LogP contribution >= 0.6 is 0 Å². The first-order valence-electron chi connectivity index (χ1n) is 4.85. The minimum atomic E-state index is 0.116. The van der Waals surface area contributed by atoms with Gasteiger partial charge in [-0.25, -0.2) is 0 Å². The summed E-state index contributed by atoms with van der Waals surface area (Å²) in [6, 6.07) is 0. The summed E-state index contributed by atoms with van der Waals surface area (Å²) in [5.41, 5.74) is 0. The third-order valence-electron chi connectivity index (χ3n) is 3.33. The van der Waals surface area contributed by atoms with Crippen molar-refractivity contribution in [2.45, 2.75) is 19.1 Å². The summed E-state index contributed by atoms with van der Waals surface area (Å²) in [5.74, 6) is 2.23. The lowest BCUT2D eigenvalue weighted by atomic mass is 9.93. The Balaban J connectivity index is 1.74. The Kier molecular flexibility index (Phi) is 1.52. The number of hydrogen-bond donors (Lipinski definition) is 0. The Labute approximate surface area is 72.5 Å². The first-order valence-corrected chi connectivity index (χ1v) is 4.85. The topological polar surface area (TPSA) is 18.5 Å². The van der Waals surface area contributed by atoms with Crippen molar-refractivity contribution in [3.05, 3.63) is 12.2 Å². The molecule has 2 aliphatic carbocycles. The summed E-state index contributed by atoms with van der Waals surface area (Å²) in [6.45, 7) is 1.59. The Hall–Kier alpha value is -0.340. The smallest absolute Gasteiger partial charge is 0.161 e. The first-order chi connectivity index (χ1) is 5.93. The molecule has 1 heterocycles. The lowest BCUT2D eigenvalue weighted by Crippen LogP contribution is -2.24. The highest BCUT2D eigenvalue weighted by atomic mass is 16.7. The van der Waals surface area contributed by atoms with Crippen molar-refractivity contribution >= 4 is 0 Å². The SMILES string of the molecule is C1=C[C@@H]2C[C@H]1C[C@@H]2C1OCCO1. The van der Waals surface area contributed by atoms with E-state index in [9.17, 15) is 0 Å².